The summed E-state index contributed by atoms with van der Waals surface area (Å²) in [6.45, 7) is 6.30. The first kappa shape index (κ1) is 17.5. The highest BCUT2D eigenvalue weighted by molar-refractivity contribution is 5.91. The molecule has 0 saturated carbocycles. The lowest BCUT2D eigenvalue weighted by atomic mass is 9.74. The van der Waals surface area contributed by atoms with Gasteiger partial charge in [-0.2, -0.15) is 0 Å². The number of aromatic nitrogens is 1. The molecule has 3 rings (SSSR count). The number of fused-ring (bicyclic) bond motifs is 1. The van der Waals surface area contributed by atoms with Crippen molar-refractivity contribution in [1.29, 1.82) is 0 Å². The molecule has 25 heavy (non-hydrogen) atoms. The van der Waals surface area contributed by atoms with Crippen molar-refractivity contribution in [3.63, 3.8) is 0 Å². The highest BCUT2D eigenvalue weighted by Crippen LogP contribution is 2.37. The molecule has 0 fully saturated rings. The molecule has 1 aromatic heterocycles. The fourth-order valence-corrected chi connectivity index (χ4v) is 3.85. The van der Waals surface area contributed by atoms with Crippen LogP contribution in [-0.2, 0) is 17.6 Å². The van der Waals surface area contributed by atoms with E-state index in [1.807, 2.05) is 25.1 Å². The van der Waals surface area contributed by atoms with Gasteiger partial charge in [0, 0.05) is 12.1 Å². The number of amides is 1. The fourth-order valence-electron chi connectivity index (χ4n) is 3.85. The van der Waals surface area contributed by atoms with Gasteiger partial charge in [0.15, 0.2) is 0 Å². The molecule has 0 aliphatic heterocycles. The molecule has 0 saturated heterocycles. The average Bonchev–Trinajstić information content (AvgIpc) is 2.64. The average molecular weight is 338 g/mol. The summed E-state index contributed by atoms with van der Waals surface area (Å²) in [6.07, 6.45) is 4.68. The second kappa shape index (κ2) is 7.26. The van der Waals surface area contributed by atoms with Crippen molar-refractivity contribution in [1.82, 2.24) is 4.98 Å². The van der Waals surface area contributed by atoms with E-state index in [1.165, 1.54) is 22.3 Å². The van der Waals surface area contributed by atoms with Crippen molar-refractivity contribution in [2.45, 2.75) is 40.0 Å². The van der Waals surface area contributed by atoms with Crippen molar-refractivity contribution in [2.75, 3.05) is 12.4 Å². The molecular weight excluding hydrogens is 312 g/mol. The minimum absolute atomic E-state index is 0.0458. The fraction of sp³-hybridized carbons (Fsp3) is 0.429. The van der Waals surface area contributed by atoms with Crippen LogP contribution in [0.2, 0.25) is 0 Å². The molecular formula is C21H26N2O2. The molecule has 1 N–H and O–H groups in total. The number of rotatable bonds is 4. The van der Waals surface area contributed by atoms with Crippen LogP contribution in [0, 0.1) is 25.7 Å². The molecule has 0 spiro atoms. The smallest absolute Gasteiger partial charge is 0.228 e. The Hall–Kier alpha value is -2.36. The maximum absolute atomic E-state index is 12.6. The molecule has 0 bridgehead atoms. The molecule has 1 aromatic carbocycles. The molecule has 2 atom stereocenters. The van der Waals surface area contributed by atoms with Crippen molar-refractivity contribution in [2.24, 2.45) is 11.8 Å². The molecule has 1 unspecified atom stereocenters. The number of ether oxygens (including phenoxy) is 1. The standard InChI is InChI=1S/C21H26N2O2/c1-13-11-19(25-4)15(3)18-12-16(8-9-17(13)18)14(2)21(24)23-20-7-5-6-10-22-20/h5-7,10-11,14,16H,8-9,12H2,1-4H3,(H,22,23,24)/t14-,16?/m0/s1. The first-order valence-electron chi connectivity index (χ1n) is 8.89. The van der Waals surface area contributed by atoms with Gasteiger partial charge in [-0.3, -0.25) is 4.79 Å². The number of anilines is 1. The Balaban J connectivity index is 1.77. The molecule has 1 heterocycles. The topological polar surface area (TPSA) is 51.2 Å². The van der Waals surface area contributed by atoms with Crippen LogP contribution in [0.5, 0.6) is 5.75 Å². The maximum Gasteiger partial charge on any atom is 0.228 e. The van der Waals surface area contributed by atoms with Crippen molar-refractivity contribution >= 4 is 11.7 Å². The second-order valence-electron chi connectivity index (χ2n) is 6.97. The van der Waals surface area contributed by atoms with Crippen LogP contribution in [-0.4, -0.2) is 18.0 Å². The van der Waals surface area contributed by atoms with E-state index >= 15 is 0 Å². The minimum atomic E-state index is -0.0546. The Morgan fingerprint density at radius 1 is 1.32 bits per heavy atom. The van der Waals surface area contributed by atoms with Crippen molar-refractivity contribution in [3.8, 4) is 5.75 Å². The van der Waals surface area contributed by atoms with E-state index in [4.69, 9.17) is 4.74 Å². The third-order valence-corrected chi connectivity index (χ3v) is 5.50. The lowest BCUT2D eigenvalue weighted by Gasteiger charge is -2.31. The van der Waals surface area contributed by atoms with Crippen LogP contribution >= 0.6 is 0 Å². The molecule has 1 amide bonds. The number of carbonyl (C=O) groups excluding carboxylic acids is 1. The predicted octanol–water partition coefficient (Wildman–Crippen LogP) is 4.09. The number of hydrogen-bond acceptors (Lipinski definition) is 3. The third-order valence-electron chi connectivity index (χ3n) is 5.50. The summed E-state index contributed by atoms with van der Waals surface area (Å²) in [4.78, 5) is 16.8. The number of benzene rings is 1. The van der Waals surface area contributed by atoms with Gasteiger partial charge in [-0.1, -0.05) is 13.0 Å². The Kier molecular flexibility index (Phi) is 5.07. The summed E-state index contributed by atoms with van der Waals surface area (Å²) in [5, 5.41) is 2.94. The van der Waals surface area contributed by atoms with Gasteiger partial charge in [-0.25, -0.2) is 4.98 Å². The maximum atomic E-state index is 12.6. The van der Waals surface area contributed by atoms with E-state index < -0.39 is 0 Å². The van der Waals surface area contributed by atoms with Crippen LogP contribution in [0.1, 0.15) is 35.6 Å². The summed E-state index contributed by atoms with van der Waals surface area (Å²) >= 11 is 0. The Bertz CT molecular complexity index is 771. The number of nitrogens with one attached hydrogen (secondary N) is 1. The monoisotopic (exact) mass is 338 g/mol. The zero-order valence-corrected chi connectivity index (χ0v) is 15.4. The van der Waals surface area contributed by atoms with Gasteiger partial charge in [-0.15, -0.1) is 0 Å². The molecule has 1 aliphatic rings. The zero-order valence-electron chi connectivity index (χ0n) is 15.4. The largest absolute Gasteiger partial charge is 0.496 e. The van der Waals surface area contributed by atoms with E-state index in [1.54, 1.807) is 13.3 Å². The van der Waals surface area contributed by atoms with Gasteiger partial charge in [0.25, 0.3) is 0 Å². The van der Waals surface area contributed by atoms with Crippen molar-refractivity contribution in [3.05, 3.63) is 52.7 Å². The summed E-state index contributed by atoms with van der Waals surface area (Å²) < 4.78 is 5.53. The van der Waals surface area contributed by atoms with E-state index in [2.05, 4.69) is 30.2 Å². The minimum Gasteiger partial charge on any atom is -0.496 e. The zero-order chi connectivity index (χ0) is 18.0. The summed E-state index contributed by atoms with van der Waals surface area (Å²) in [6, 6.07) is 7.67. The molecule has 132 valence electrons. The van der Waals surface area contributed by atoms with Gasteiger partial charge in [0.05, 0.1) is 7.11 Å². The van der Waals surface area contributed by atoms with E-state index in [0.29, 0.717) is 11.7 Å². The first-order chi connectivity index (χ1) is 12.0. The molecule has 1 aliphatic carbocycles. The molecule has 2 aromatic rings. The summed E-state index contributed by atoms with van der Waals surface area (Å²) in [5.41, 5.74) is 5.31. The third kappa shape index (κ3) is 3.53. The Labute approximate surface area is 149 Å². The molecule has 4 heteroatoms. The lowest BCUT2D eigenvalue weighted by Crippen LogP contribution is -2.31. The molecule has 4 nitrogen and oxygen atoms in total. The van der Waals surface area contributed by atoms with E-state index in [-0.39, 0.29) is 11.8 Å². The van der Waals surface area contributed by atoms with Gasteiger partial charge >= 0.3 is 0 Å². The number of aryl methyl sites for hydroxylation is 1. The second-order valence-corrected chi connectivity index (χ2v) is 6.97. The number of nitrogens with zero attached hydrogens (tertiary/aromatic N) is 1. The number of pyridine rings is 1. The summed E-state index contributed by atoms with van der Waals surface area (Å²) in [5.74, 6) is 1.89. The molecule has 0 radical (unpaired) electrons. The van der Waals surface area contributed by atoms with E-state index in [9.17, 15) is 4.79 Å². The Morgan fingerprint density at radius 3 is 2.80 bits per heavy atom. The summed E-state index contributed by atoms with van der Waals surface area (Å²) in [7, 11) is 1.72. The number of carbonyl (C=O) groups is 1. The van der Waals surface area contributed by atoms with Gasteiger partial charge in [0.2, 0.25) is 5.91 Å². The van der Waals surface area contributed by atoms with Crippen molar-refractivity contribution < 1.29 is 9.53 Å². The predicted molar refractivity (Wildman–Crippen MR) is 100 cm³/mol. The quantitative estimate of drug-likeness (QED) is 0.913. The van der Waals surface area contributed by atoms with Crippen LogP contribution in [0.15, 0.2) is 30.5 Å². The van der Waals surface area contributed by atoms with Crippen LogP contribution in [0.3, 0.4) is 0 Å². The lowest BCUT2D eigenvalue weighted by molar-refractivity contribution is -0.121. The van der Waals surface area contributed by atoms with Crippen LogP contribution < -0.4 is 10.1 Å². The number of methoxy groups -OCH3 is 1. The first-order valence-corrected chi connectivity index (χ1v) is 8.89. The van der Waals surface area contributed by atoms with Gasteiger partial charge in [-0.05, 0) is 79.5 Å². The normalized spacial score (nSPS) is 17.5. The van der Waals surface area contributed by atoms with Gasteiger partial charge in [0.1, 0.15) is 11.6 Å². The highest BCUT2D eigenvalue weighted by atomic mass is 16.5. The Morgan fingerprint density at radius 2 is 2.12 bits per heavy atom. The van der Waals surface area contributed by atoms with E-state index in [0.717, 1.165) is 25.0 Å². The highest BCUT2D eigenvalue weighted by Gasteiger charge is 2.30. The SMILES string of the molecule is COc1cc(C)c2c(c1C)CC([C@H](C)C(=O)Nc1ccccn1)CC2. The van der Waals surface area contributed by atoms with Crippen LogP contribution in [0.4, 0.5) is 5.82 Å². The van der Waals surface area contributed by atoms with Crippen LogP contribution in [0.25, 0.3) is 0 Å². The van der Waals surface area contributed by atoms with Gasteiger partial charge < -0.3 is 10.1 Å². The number of hydrogen-bond donors (Lipinski definition) is 1.